The van der Waals surface area contributed by atoms with Gasteiger partial charge in [0.25, 0.3) is 5.91 Å². The summed E-state index contributed by atoms with van der Waals surface area (Å²) in [5.74, 6) is -3.37. The summed E-state index contributed by atoms with van der Waals surface area (Å²) in [7, 11) is -4.07. The maximum atomic E-state index is 14.2. The lowest BCUT2D eigenvalue weighted by Gasteiger charge is -2.17. The van der Waals surface area contributed by atoms with Crippen LogP contribution < -0.4 is 11.1 Å². The quantitative estimate of drug-likeness (QED) is 0.770. The zero-order valence-electron chi connectivity index (χ0n) is 15.5. The Labute approximate surface area is 166 Å². The number of carbonyl (C=O) groups excluding carboxylic acids is 2. The van der Waals surface area contributed by atoms with Gasteiger partial charge in [-0.25, -0.2) is 17.2 Å². The average molecular weight is 423 g/mol. The van der Waals surface area contributed by atoms with Crippen LogP contribution in [-0.2, 0) is 10.0 Å². The van der Waals surface area contributed by atoms with Gasteiger partial charge >= 0.3 is 0 Å². The number of nitrogens with zero attached hydrogens (tertiary/aromatic N) is 1. The van der Waals surface area contributed by atoms with E-state index in [1.165, 1.54) is 17.3 Å². The standard InChI is InChI=1S/C19H19F2N3O4S/c1-11-15(21)8-13(18(22)25)9-16(11)23-19(26)12-4-5-14(20)17(10-12)29(27,28)24-6-2-3-7-24/h4-5,8-10H,2-3,6-7H2,1H3,(H2,22,25)(H,23,26). The topological polar surface area (TPSA) is 110 Å². The third-order valence-corrected chi connectivity index (χ3v) is 6.67. The normalized spacial score (nSPS) is 14.7. The predicted octanol–water partition coefficient (Wildman–Crippen LogP) is 2.41. The lowest BCUT2D eigenvalue weighted by atomic mass is 10.1. The minimum atomic E-state index is -4.07. The van der Waals surface area contributed by atoms with Crippen molar-refractivity contribution < 1.29 is 26.8 Å². The molecule has 1 fully saturated rings. The van der Waals surface area contributed by atoms with Gasteiger partial charge in [-0.3, -0.25) is 9.59 Å². The van der Waals surface area contributed by atoms with Crippen LogP contribution in [-0.4, -0.2) is 37.6 Å². The molecule has 2 aromatic rings. The van der Waals surface area contributed by atoms with Crippen molar-refractivity contribution in [2.24, 2.45) is 5.73 Å². The molecule has 2 amide bonds. The van der Waals surface area contributed by atoms with Gasteiger partial charge in [-0.15, -0.1) is 0 Å². The molecule has 1 saturated heterocycles. The molecule has 154 valence electrons. The summed E-state index contributed by atoms with van der Waals surface area (Å²) in [5, 5.41) is 2.41. The number of nitrogens with two attached hydrogens (primary N) is 1. The van der Waals surface area contributed by atoms with Crippen molar-refractivity contribution in [2.75, 3.05) is 18.4 Å². The molecule has 0 bridgehead atoms. The van der Waals surface area contributed by atoms with E-state index >= 15 is 0 Å². The van der Waals surface area contributed by atoms with Crippen molar-refractivity contribution in [1.29, 1.82) is 0 Å². The van der Waals surface area contributed by atoms with E-state index in [-0.39, 0.29) is 35.5 Å². The molecular formula is C19H19F2N3O4S. The molecular weight excluding hydrogens is 404 g/mol. The second-order valence-electron chi connectivity index (χ2n) is 6.71. The number of sulfonamides is 1. The maximum Gasteiger partial charge on any atom is 0.255 e. The van der Waals surface area contributed by atoms with Gasteiger partial charge in [-0.2, -0.15) is 4.31 Å². The smallest absolute Gasteiger partial charge is 0.255 e. The van der Waals surface area contributed by atoms with Crippen LogP contribution in [0.2, 0.25) is 0 Å². The van der Waals surface area contributed by atoms with E-state index in [2.05, 4.69) is 5.32 Å². The SMILES string of the molecule is Cc1c(F)cc(C(N)=O)cc1NC(=O)c1ccc(F)c(S(=O)(=O)N2CCCC2)c1. The highest BCUT2D eigenvalue weighted by molar-refractivity contribution is 7.89. The van der Waals surface area contributed by atoms with Gasteiger partial charge in [0.15, 0.2) is 0 Å². The summed E-state index contributed by atoms with van der Waals surface area (Å²) < 4.78 is 54.7. The number of rotatable bonds is 5. The first-order chi connectivity index (χ1) is 13.6. The molecule has 1 heterocycles. The number of primary amides is 1. The average Bonchev–Trinajstić information content (AvgIpc) is 3.21. The minimum absolute atomic E-state index is 0.00271. The van der Waals surface area contributed by atoms with Crippen molar-refractivity contribution in [3.8, 4) is 0 Å². The molecule has 2 aromatic carbocycles. The molecule has 0 spiro atoms. The van der Waals surface area contributed by atoms with Crippen LogP contribution in [0.4, 0.5) is 14.5 Å². The fourth-order valence-electron chi connectivity index (χ4n) is 3.06. The zero-order valence-corrected chi connectivity index (χ0v) is 16.4. The lowest BCUT2D eigenvalue weighted by molar-refractivity contribution is 0.0995. The highest BCUT2D eigenvalue weighted by Gasteiger charge is 2.30. The number of nitrogens with one attached hydrogen (secondary N) is 1. The van der Waals surface area contributed by atoms with Crippen LogP contribution >= 0.6 is 0 Å². The zero-order chi connectivity index (χ0) is 21.3. The van der Waals surface area contributed by atoms with E-state index in [0.717, 1.165) is 24.3 Å². The Bertz CT molecular complexity index is 1100. The molecule has 0 atom stereocenters. The number of amides is 2. The highest BCUT2D eigenvalue weighted by Crippen LogP contribution is 2.26. The Hall–Kier alpha value is -2.85. The van der Waals surface area contributed by atoms with Crippen molar-refractivity contribution in [2.45, 2.75) is 24.7 Å². The predicted molar refractivity (Wildman–Crippen MR) is 102 cm³/mol. The van der Waals surface area contributed by atoms with E-state index in [0.29, 0.717) is 12.8 Å². The number of hydrogen-bond acceptors (Lipinski definition) is 4. The summed E-state index contributed by atoms with van der Waals surface area (Å²) in [6.45, 7) is 1.97. The van der Waals surface area contributed by atoms with E-state index in [1.54, 1.807) is 0 Å². The van der Waals surface area contributed by atoms with Gasteiger partial charge in [0, 0.05) is 35.5 Å². The molecule has 1 aliphatic heterocycles. The Kier molecular flexibility index (Phi) is 5.67. The van der Waals surface area contributed by atoms with Gasteiger partial charge in [0.2, 0.25) is 15.9 Å². The van der Waals surface area contributed by atoms with E-state index in [4.69, 9.17) is 5.73 Å². The van der Waals surface area contributed by atoms with Crippen molar-refractivity contribution >= 4 is 27.5 Å². The van der Waals surface area contributed by atoms with Gasteiger partial charge in [-0.1, -0.05) is 0 Å². The second kappa shape index (κ2) is 7.88. The highest BCUT2D eigenvalue weighted by atomic mass is 32.2. The van der Waals surface area contributed by atoms with Crippen molar-refractivity contribution in [3.63, 3.8) is 0 Å². The van der Waals surface area contributed by atoms with Crippen molar-refractivity contribution in [1.82, 2.24) is 4.31 Å². The molecule has 7 nitrogen and oxygen atoms in total. The van der Waals surface area contributed by atoms with Crippen LogP contribution in [0.1, 0.15) is 39.1 Å². The Morgan fingerprint density at radius 3 is 2.31 bits per heavy atom. The number of carbonyl (C=O) groups is 2. The molecule has 10 heteroatoms. The number of hydrogen-bond donors (Lipinski definition) is 2. The van der Waals surface area contributed by atoms with Crippen molar-refractivity contribution in [3.05, 3.63) is 58.7 Å². The number of benzene rings is 2. The molecule has 0 radical (unpaired) electrons. The van der Waals surface area contributed by atoms with Crippen LogP contribution in [0.25, 0.3) is 0 Å². The molecule has 0 aromatic heterocycles. The number of anilines is 1. The van der Waals surface area contributed by atoms with Crippen LogP contribution in [0.15, 0.2) is 35.2 Å². The summed E-state index contributed by atoms with van der Waals surface area (Å²) in [4.78, 5) is 23.3. The molecule has 3 N–H and O–H groups in total. The summed E-state index contributed by atoms with van der Waals surface area (Å²) in [5.41, 5.74) is 4.95. The fourth-order valence-corrected chi connectivity index (χ4v) is 4.66. The Morgan fingerprint density at radius 2 is 1.69 bits per heavy atom. The number of halogens is 2. The summed E-state index contributed by atoms with van der Waals surface area (Å²) in [6, 6.07) is 5.13. The van der Waals surface area contributed by atoms with Crippen LogP contribution in [0.5, 0.6) is 0 Å². The molecule has 0 aliphatic carbocycles. The van der Waals surface area contributed by atoms with Gasteiger partial charge in [-0.05, 0) is 50.1 Å². The fraction of sp³-hybridized carbons (Fsp3) is 0.263. The van der Waals surface area contributed by atoms with E-state index < -0.39 is 38.4 Å². The second-order valence-corrected chi connectivity index (χ2v) is 8.61. The third-order valence-electron chi connectivity index (χ3n) is 4.75. The molecule has 0 saturated carbocycles. The van der Waals surface area contributed by atoms with E-state index in [1.807, 2.05) is 0 Å². The minimum Gasteiger partial charge on any atom is -0.366 e. The molecule has 0 unspecified atom stereocenters. The molecule has 3 rings (SSSR count). The van der Waals surface area contributed by atoms with Crippen LogP contribution in [0, 0.1) is 18.6 Å². The molecule has 1 aliphatic rings. The first-order valence-electron chi connectivity index (χ1n) is 8.82. The summed E-state index contributed by atoms with van der Waals surface area (Å²) in [6.07, 6.45) is 1.37. The Balaban J connectivity index is 1.94. The monoisotopic (exact) mass is 423 g/mol. The maximum absolute atomic E-state index is 14.2. The van der Waals surface area contributed by atoms with Gasteiger partial charge in [0.1, 0.15) is 16.5 Å². The largest absolute Gasteiger partial charge is 0.366 e. The lowest BCUT2D eigenvalue weighted by Crippen LogP contribution is -2.29. The van der Waals surface area contributed by atoms with Gasteiger partial charge < -0.3 is 11.1 Å². The van der Waals surface area contributed by atoms with Gasteiger partial charge in [0.05, 0.1) is 0 Å². The summed E-state index contributed by atoms with van der Waals surface area (Å²) >= 11 is 0. The molecule has 29 heavy (non-hydrogen) atoms. The first-order valence-corrected chi connectivity index (χ1v) is 10.3. The Morgan fingerprint density at radius 1 is 1.03 bits per heavy atom. The first kappa shape index (κ1) is 20.9. The van der Waals surface area contributed by atoms with E-state index in [9.17, 15) is 26.8 Å². The third kappa shape index (κ3) is 4.13. The van der Waals surface area contributed by atoms with Crippen LogP contribution in [0.3, 0.4) is 0 Å².